The summed E-state index contributed by atoms with van der Waals surface area (Å²) in [5.41, 5.74) is 5.97. The van der Waals surface area contributed by atoms with E-state index in [1.807, 2.05) is 0 Å². The van der Waals surface area contributed by atoms with Crippen molar-refractivity contribution in [2.45, 2.75) is 206 Å². The third-order valence-corrected chi connectivity index (χ3v) is 8.74. The number of nitrogens with one attached hydrogen (secondary N) is 2. The molecule has 5 nitrogen and oxygen atoms in total. The number of hydrogen-bond acceptors (Lipinski definition) is 3. The first kappa shape index (κ1) is 43.4. The molecule has 0 spiro atoms. The number of amides is 2. The van der Waals surface area contributed by atoms with Crippen molar-refractivity contribution >= 4 is 11.8 Å². The average Bonchev–Trinajstić information content (AvgIpc) is 3.03. The van der Waals surface area contributed by atoms with Crippen molar-refractivity contribution < 1.29 is 9.59 Å². The monoisotopic (exact) mass is 632 g/mol. The van der Waals surface area contributed by atoms with Gasteiger partial charge in [-0.15, -0.1) is 0 Å². The van der Waals surface area contributed by atoms with Gasteiger partial charge in [0.25, 0.3) is 0 Å². The molecule has 0 aliphatic carbocycles. The quantitative estimate of drug-likeness (QED) is 0.0480. The van der Waals surface area contributed by atoms with E-state index in [9.17, 15) is 9.59 Å². The summed E-state index contributed by atoms with van der Waals surface area (Å²) in [5.74, 6) is -0.335. The molecule has 45 heavy (non-hydrogen) atoms. The SMILES string of the molecule is CCCCCCCC/C=C\CCCCCCCCNC(=O)CC(N)C(=O)NCCCCCCCC/C=C\CCCCCCCC. The van der Waals surface area contributed by atoms with Crippen LogP contribution in [0.1, 0.15) is 200 Å². The van der Waals surface area contributed by atoms with Gasteiger partial charge in [0, 0.05) is 13.1 Å². The second kappa shape index (κ2) is 36.8. The van der Waals surface area contributed by atoms with E-state index in [1.165, 1.54) is 154 Å². The molecule has 0 rings (SSSR count). The van der Waals surface area contributed by atoms with Crippen LogP contribution < -0.4 is 16.4 Å². The van der Waals surface area contributed by atoms with Crippen molar-refractivity contribution in [2.24, 2.45) is 5.73 Å². The summed E-state index contributed by atoms with van der Waals surface area (Å²) in [7, 11) is 0. The zero-order valence-electron chi connectivity index (χ0n) is 30.2. The van der Waals surface area contributed by atoms with E-state index in [-0.39, 0.29) is 18.2 Å². The zero-order valence-corrected chi connectivity index (χ0v) is 30.2. The number of allylic oxidation sites excluding steroid dienone is 4. The van der Waals surface area contributed by atoms with Gasteiger partial charge in [-0.25, -0.2) is 0 Å². The van der Waals surface area contributed by atoms with Gasteiger partial charge in [-0.2, -0.15) is 0 Å². The average molecular weight is 632 g/mol. The lowest BCUT2D eigenvalue weighted by atomic mass is 10.1. The number of carbonyl (C=O) groups is 2. The molecule has 0 saturated carbocycles. The van der Waals surface area contributed by atoms with Crippen LogP contribution in [0.5, 0.6) is 0 Å². The standard InChI is InChI=1S/C40H77N3O2/c1-3-5-7-9-11-13-15-17-19-21-23-25-27-29-31-33-35-42-39(44)37-38(41)40(45)43-36-34-32-30-28-26-24-22-20-18-16-14-12-10-8-6-4-2/h17-20,38H,3-16,21-37,41H2,1-2H3,(H,42,44)(H,43,45)/b19-17-,20-18-. The number of hydrogen-bond donors (Lipinski definition) is 3. The van der Waals surface area contributed by atoms with Crippen molar-refractivity contribution in [1.82, 2.24) is 10.6 Å². The van der Waals surface area contributed by atoms with E-state index in [4.69, 9.17) is 5.73 Å². The molecule has 0 radical (unpaired) electrons. The molecule has 0 saturated heterocycles. The topological polar surface area (TPSA) is 84.2 Å². The van der Waals surface area contributed by atoms with Crippen molar-refractivity contribution in [3.05, 3.63) is 24.3 Å². The van der Waals surface area contributed by atoms with Crippen LogP contribution in [0, 0.1) is 0 Å². The summed E-state index contributed by atoms with van der Waals surface area (Å²) >= 11 is 0. The van der Waals surface area contributed by atoms with E-state index in [0.29, 0.717) is 13.1 Å². The lowest BCUT2D eigenvalue weighted by molar-refractivity contribution is -0.127. The van der Waals surface area contributed by atoms with Gasteiger partial charge in [-0.1, -0.05) is 154 Å². The highest BCUT2D eigenvalue weighted by Gasteiger charge is 2.16. The highest BCUT2D eigenvalue weighted by atomic mass is 16.2. The Labute approximate surface area is 280 Å². The first-order valence-electron chi connectivity index (χ1n) is 19.7. The Morgan fingerprint density at radius 2 is 0.778 bits per heavy atom. The summed E-state index contributed by atoms with van der Waals surface area (Å²) in [4.78, 5) is 24.4. The smallest absolute Gasteiger partial charge is 0.237 e. The Morgan fingerprint density at radius 1 is 0.467 bits per heavy atom. The first-order valence-corrected chi connectivity index (χ1v) is 19.7. The van der Waals surface area contributed by atoms with Crippen LogP contribution in [-0.4, -0.2) is 30.9 Å². The van der Waals surface area contributed by atoms with Crippen molar-refractivity contribution in [3.8, 4) is 0 Å². The highest BCUT2D eigenvalue weighted by molar-refractivity contribution is 5.88. The predicted molar refractivity (Wildman–Crippen MR) is 198 cm³/mol. The van der Waals surface area contributed by atoms with Gasteiger partial charge in [0.2, 0.25) is 11.8 Å². The normalized spacial score (nSPS) is 12.3. The van der Waals surface area contributed by atoms with Gasteiger partial charge < -0.3 is 16.4 Å². The second-order valence-corrected chi connectivity index (χ2v) is 13.3. The predicted octanol–water partition coefficient (Wildman–Crippen LogP) is 11.0. The molecular weight excluding hydrogens is 554 g/mol. The molecule has 0 fully saturated rings. The fourth-order valence-corrected chi connectivity index (χ4v) is 5.68. The van der Waals surface area contributed by atoms with E-state index in [0.717, 1.165) is 25.7 Å². The maximum absolute atomic E-state index is 12.2. The Kier molecular flexibility index (Phi) is 35.5. The number of nitrogens with two attached hydrogens (primary N) is 1. The largest absolute Gasteiger partial charge is 0.356 e. The van der Waals surface area contributed by atoms with Gasteiger partial charge in [0.1, 0.15) is 0 Å². The van der Waals surface area contributed by atoms with Crippen LogP contribution in [0.2, 0.25) is 0 Å². The molecule has 1 unspecified atom stereocenters. The van der Waals surface area contributed by atoms with E-state index < -0.39 is 6.04 Å². The van der Waals surface area contributed by atoms with Gasteiger partial charge in [0.15, 0.2) is 0 Å². The van der Waals surface area contributed by atoms with Gasteiger partial charge >= 0.3 is 0 Å². The van der Waals surface area contributed by atoms with Crippen LogP contribution in [0.15, 0.2) is 24.3 Å². The third kappa shape index (κ3) is 35.1. The fraction of sp³-hybridized carbons (Fsp3) is 0.850. The fourth-order valence-electron chi connectivity index (χ4n) is 5.68. The molecule has 264 valence electrons. The van der Waals surface area contributed by atoms with Gasteiger partial charge in [0.05, 0.1) is 12.5 Å². The lowest BCUT2D eigenvalue weighted by Crippen LogP contribution is -2.44. The molecule has 0 aromatic heterocycles. The van der Waals surface area contributed by atoms with Crippen molar-refractivity contribution in [2.75, 3.05) is 13.1 Å². The molecule has 0 aliphatic rings. The molecule has 2 amide bonds. The maximum Gasteiger partial charge on any atom is 0.237 e. The number of unbranched alkanes of at least 4 members (excludes halogenated alkanes) is 24. The minimum Gasteiger partial charge on any atom is -0.356 e. The zero-order chi connectivity index (χ0) is 32.9. The Balaban J connectivity index is 3.45. The minimum atomic E-state index is -0.765. The molecule has 0 bridgehead atoms. The van der Waals surface area contributed by atoms with Crippen LogP contribution in [0.4, 0.5) is 0 Å². The second-order valence-electron chi connectivity index (χ2n) is 13.3. The maximum atomic E-state index is 12.2. The molecule has 0 aromatic carbocycles. The molecule has 5 heteroatoms. The lowest BCUT2D eigenvalue weighted by Gasteiger charge is -2.12. The number of rotatable bonds is 35. The van der Waals surface area contributed by atoms with Crippen LogP contribution in [0.25, 0.3) is 0 Å². The van der Waals surface area contributed by atoms with Crippen LogP contribution >= 0.6 is 0 Å². The third-order valence-electron chi connectivity index (χ3n) is 8.74. The van der Waals surface area contributed by atoms with Crippen LogP contribution in [0.3, 0.4) is 0 Å². The van der Waals surface area contributed by atoms with Crippen molar-refractivity contribution in [3.63, 3.8) is 0 Å². The summed E-state index contributed by atoms with van der Waals surface area (Å²) in [6.07, 6.45) is 45.2. The number of carbonyl (C=O) groups excluding carboxylic acids is 2. The molecule has 0 aliphatic heterocycles. The first-order chi connectivity index (χ1) is 22.1. The molecule has 0 aromatic rings. The molecule has 0 heterocycles. The summed E-state index contributed by atoms with van der Waals surface area (Å²) in [6, 6.07) is -0.765. The summed E-state index contributed by atoms with van der Waals surface area (Å²) in [6.45, 7) is 5.85. The van der Waals surface area contributed by atoms with Crippen molar-refractivity contribution in [1.29, 1.82) is 0 Å². The van der Waals surface area contributed by atoms with E-state index in [2.05, 4.69) is 48.8 Å². The minimum absolute atomic E-state index is 0.0611. The van der Waals surface area contributed by atoms with Gasteiger partial charge in [-0.05, 0) is 64.2 Å². The summed E-state index contributed by atoms with van der Waals surface area (Å²) in [5, 5.41) is 5.84. The molecule has 1 atom stereocenters. The van der Waals surface area contributed by atoms with Gasteiger partial charge in [-0.3, -0.25) is 9.59 Å². The molecule has 4 N–H and O–H groups in total. The van der Waals surface area contributed by atoms with Crippen LogP contribution in [-0.2, 0) is 9.59 Å². The van der Waals surface area contributed by atoms with E-state index in [1.54, 1.807) is 0 Å². The Bertz CT molecular complexity index is 691. The Morgan fingerprint density at radius 3 is 1.16 bits per heavy atom. The highest BCUT2D eigenvalue weighted by Crippen LogP contribution is 2.11. The van der Waals surface area contributed by atoms with E-state index >= 15 is 0 Å². The molecular formula is C40H77N3O2. The Hall–Kier alpha value is -1.62. The summed E-state index contributed by atoms with van der Waals surface area (Å²) < 4.78 is 0.